The summed E-state index contributed by atoms with van der Waals surface area (Å²) in [7, 11) is 1.87. The SMILES string of the molecule is CC(c1cccc(Cl)c1)N(C)c1ccc([C@@H](C)N)cc1F. The van der Waals surface area contributed by atoms with E-state index >= 15 is 0 Å². The van der Waals surface area contributed by atoms with Crippen LogP contribution in [0.25, 0.3) is 0 Å². The Hall–Kier alpha value is -1.58. The Kier molecular flexibility index (Phi) is 4.86. The van der Waals surface area contributed by atoms with Gasteiger partial charge in [-0.3, -0.25) is 0 Å². The van der Waals surface area contributed by atoms with Crippen LogP contribution in [0.1, 0.15) is 37.1 Å². The van der Waals surface area contributed by atoms with Gasteiger partial charge < -0.3 is 10.6 Å². The molecule has 0 aliphatic rings. The molecule has 0 amide bonds. The molecule has 21 heavy (non-hydrogen) atoms. The lowest BCUT2D eigenvalue weighted by atomic mass is 10.0. The topological polar surface area (TPSA) is 29.3 Å². The van der Waals surface area contributed by atoms with Gasteiger partial charge in [-0.2, -0.15) is 0 Å². The zero-order chi connectivity index (χ0) is 15.6. The van der Waals surface area contributed by atoms with Gasteiger partial charge in [0.1, 0.15) is 5.82 Å². The van der Waals surface area contributed by atoms with Crippen molar-refractivity contribution in [3.63, 3.8) is 0 Å². The zero-order valence-electron chi connectivity index (χ0n) is 12.5. The molecular formula is C17H20ClFN2. The monoisotopic (exact) mass is 306 g/mol. The molecule has 0 heterocycles. The van der Waals surface area contributed by atoms with Crippen LogP contribution < -0.4 is 10.6 Å². The summed E-state index contributed by atoms with van der Waals surface area (Å²) in [5.41, 5.74) is 8.16. The van der Waals surface area contributed by atoms with E-state index in [-0.39, 0.29) is 17.9 Å². The molecule has 2 aromatic rings. The Morgan fingerprint density at radius 3 is 2.38 bits per heavy atom. The first-order valence-corrected chi connectivity index (χ1v) is 7.31. The molecule has 1 unspecified atom stereocenters. The minimum Gasteiger partial charge on any atom is -0.365 e. The number of anilines is 1. The number of hydrogen-bond donors (Lipinski definition) is 1. The van der Waals surface area contributed by atoms with Crippen LogP contribution in [0.5, 0.6) is 0 Å². The highest BCUT2D eigenvalue weighted by molar-refractivity contribution is 6.30. The van der Waals surface area contributed by atoms with Crippen LogP contribution in [-0.2, 0) is 0 Å². The van der Waals surface area contributed by atoms with E-state index in [2.05, 4.69) is 0 Å². The Labute approximate surface area is 130 Å². The summed E-state index contributed by atoms with van der Waals surface area (Å²) in [5, 5.41) is 0.681. The minimum absolute atomic E-state index is 0.0133. The number of benzene rings is 2. The average Bonchev–Trinajstić information content (AvgIpc) is 2.45. The highest BCUT2D eigenvalue weighted by Crippen LogP contribution is 2.29. The van der Waals surface area contributed by atoms with Crippen molar-refractivity contribution in [2.45, 2.75) is 25.9 Å². The van der Waals surface area contributed by atoms with E-state index < -0.39 is 0 Å². The fraction of sp³-hybridized carbons (Fsp3) is 0.294. The molecule has 2 N–H and O–H groups in total. The Bertz CT molecular complexity index is 628. The first kappa shape index (κ1) is 15.8. The maximum atomic E-state index is 14.3. The molecule has 2 rings (SSSR count). The number of rotatable bonds is 4. The number of halogens is 2. The fourth-order valence-electron chi connectivity index (χ4n) is 2.29. The van der Waals surface area contributed by atoms with Crippen molar-refractivity contribution in [1.29, 1.82) is 0 Å². The highest BCUT2D eigenvalue weighted by atomic mass is 35.5. The fourth-order valence-corrected chi connectivity index (χ4v) is 2.49. The second-order valence-electron chi connectivity index (χ2n) is 5.34. The molecule has 4 heteroatoms. The van der Waals surface area contributed by atoms with Gasteiger partial charge >= 0.3 is 0 Å². The van der Waals surface area contributed by atoms with Gasteiger partial charge in [0.05, 0.1) is 11.7 Å². The van der Waals surface area contributed by atoms with Gasteiger partial charge in [-0.25, -0.2) is 4.39 Å². The van der Waals surface area contributed by atoms with Crippen LogP contribution in [0.2, 0.25) is 5.02 Å². The maximum absolute atomic E-state index is 14.3. The lowest BCUT2D eigenvalue weighted by Crippen LogP contribution is -2.23. The predicted octanol–water partition coefficient (Wildman–Crippen LogP) is 4.70. The molecule has 112 valence electrons. The minimum atomic E-state index is -0.263. The van der Waals surface area contributed by atoms with Crippen molar-refractivity contribution in [3.05, 3.63) is 64.4 Å². The number of hydrogen-bond acceptors (Lipinski definition) is 2. The van der Waals surface area contributed by atoms with Crippen LogP contribution in [0, 0.1) is 5.82 Å². The van der Waals surface area contributed by atoms with Crippen LogP contribution in [0.3, 0.4) is 0 Å². The molecule has 0 saturated heterocycles. The van der Waals surface area contributed by atoms with Crippen molar-refractivity contribution in [1.82, 2.24) is 0 Å². The van der Waals surface area contributed by atoms with E-state index in [1.165, 1.54) is 6.07 Å². The third-order valence-electron chi connectivity index (χ3n) is 3.79. The van der Waals surface area contributed by atoms with Crippen LogP contribution >= 0.6 is 11.6 Å². The van der Waals surface area contributed by atoms with Crippen molar-refractivity contribution in [2.24, 2.45) is 5.73 Å². The van der Waals surface area contributed by atoms with Crippen molar-refractivity contribution in [2.75, 3.05) is 11.9 Å². The third-order valence-corrected chi connectivity index (χ3v) is 4.02. The average molecular weight is 307 g/mol. The molecule has 0 spiro atoms. The largest absolute Gasteiger partial charge is 0.365 e. The zero-order valence-corrected chi connectivity index (χ0v) is 13.2. The van der Waals surface area contributed by atoms with Gasteiger partial charge in [0, 0.05) is 18.1 Å². The van der Waals surface area contributed by atoms with E-state index in [1.54, 1.807) is 6.07 Å². The normalized spacial score (nSPS) is 13.8. The quantitative estimate of drug-likeness (QED) is 0.887. The maximum Gasteiger partial charge on any atom is 0.146 e. The lowest BCUT2D eigenvalue weighted by Gasteiger charge is -2.28. The first-order chi connectivity index (χ1) is 9.90. The second kappa shape index (κ2) is 6.46. The molecule has 0 aromatic heterocycles. The van der Waals surface area contributed by atoms with Crippen LogP contribution in [0.4, 0.5) is 10.1 Å². The summed E-state index contributed by atoms with van der Waals surface area (Å²) in [6.07, 6.45) is 0. The van der Waals surface area contributed by atoms with Crippen molar-refractivity contribution in [3.8, 4) is 0 Å². The molecule has 0 fully saturated rings. The first-order valence-electron chi connectivity index (χ1n) is 6.93. The van der Waals surface area contributed by atoms with Gasteiger partial charge in [0.15, 0.2) is 0 Å². The van der Waals surface area contributed by atoms with Gasteiger partial charge in [-0.15, -0.1) is 0 Å². The smallest absolute Gasteiger partial charge is 0.146 e. The molecule has 2 aromatic carbocycles. The lowest BCUT2D eigenvalue weighted by molar-refractivity contribution is 0.607. The van der Waals surface area contributed by atoms with Gasteiger partial charge in [0.2, 0.25) is 0 Å². The Morgan fingerprint density at radius 2 is 1.81 bits per heavy atom. The van der Waals surface area contributed by atoms with Crippen molar-refractivity contribution < 1.29 is 4.39 Å². The molecule has 0 bridgehead atoms. The van der Waals surface area contributed by atoms with E-state index in [0.717, 1.165) is 11.1 Å². The molecular weight excluding hydrogens is 287 g/mol. The summed E-state index contributed by atoms with van der Waals surface area (Å²) in [5.74, 6) is -0.263. The summed E-state index contributed by atoms with van der Waals surface area (Å²) >= 11 is 6.02. The molecule has 0 saturated carbocycles. The summed E-state index contributed by atoms with van der Waals surface area (Å²) in [6.45, 7) is 3.86. The van der Waals surface area contributed by atoms with Crippen LogP contribution in [0.15, 0.2) is 42.5 Å². The van der Waals surface area contributed by atoms with Gasteiger partial charge in [-0.1, -0.05) is 29.8 Å². The van der Waals surface area contributed by atoms with Gasteiger partial charge in [0.25, 0.3) is 0 Å². The molecule has 2 nitrogen and oxygen atoms in total. The van der Waals surface area contributed by atoms with Gasteiger partial charge in [-0.05, 0) is 49.2 Å². The summed E-state index contributed by atoms with van der Waals surface area (Å²) < 4.78 is 14.3. The molecule has 0 radical (unpaired) electrons. The van der Waals surface area contributed by atoms with E-state index in [4.69, 9.17) is 17.3 Å². The predicted molar refractivity (Wildman–Crippen MR) is 87.3 cm³/mol. The van der Waals surface area contributed by atoms with E-state index in [1.807, 2.05) is 56.1 Å². The molecule has 0 aliphatic heterocycles. The standard InChI is InChI=1S/C17H20ClFN2/c1-11(20)13-7-8-17(16(19)10-13)21(3)12(2)14-5-4-6-15(18)9-14/h4-12H,20H2,1-3H3/t11-,12?/m1/s1. The van der Waals surface area contributed by atoms with E-state index in [9.17, 15) is 4.39 Å². The molecule has 2 atom stereocenters. The summed E-state index contributed by atoms with van der Waals surface area (Å²) in [6, 6.07) is 12.6. The van der Waals surface area contributed by atoms with Crippen molar-refractivity contribution >= 4 is 17.3 Å². The summed E-state index contributed by atoms with van der Waals surface area (Å²) in [4.78, 5) is 1.89. The highest BCUT2D eigenvalue weighted by Gasteiger charge is 2.16. The number of nitrogens with zero attached hydrogens (tertiary/aromatic N) is 1. The third kappa shape index (κ3) is 3.55. The Balaban J connectivity index is 2.29. The number of nitrogens with two attached hydrogens (primary N) is 1. The molecule has 0 aliphatic carbocycles. The van der Waals surface area contributed by atoms with E-state index in [0.29, 0.717) is 10.7 Å². The Morgan fingerprint density at radius 1 is 1.10 bits per heavy atom. The second-order valence-corrected chi connectivity index (χ2v) is 5.78. The van der Waals surface area contributed by atoms with Crippen LogP contribution in [-0.4, -0.2) is 7.05 Å².